The monoisotopic (exact) mass is 102 g/mol. The van der Waals surface area contributed by atoms with Crippen LogP contribution in [0.15, 0.2) is 0 Å². The molecule has 0 aromatic carbocycles. The Hall–Kier alpha value is 0.390. The average molecular weight is 102 g/mol. The van der Waals surface area contributed by atoms with E-state index in [1.807, 2.05) is 0 Å². The third-order valence-electron chi connectivity index (χ3n) is 0.893. The minimum absolute atomic E-state index is 1.14. The van der Waals surface area contributed by atoms with Gasteiger partial charge in [-0.2, -0.15) is 0 Å². The molecular weight excluding hydrogens is 93.0 g/mol. The zero-order valence-corrected chi connectivity index (χ0v) is 4.78. The molecule has 0 amide bonds. The number of hydrogen-bond donors (Lipinski definition) is 0. The second kappa shape index (κ2) is 2.54. The van der Waals surface area contributed by atoms with Crippen molar-refractivity contribution < 1.29 is 0 Å². The lowest BCUT2D eigenvalue weighted by Gasteiger charge is -2.06. The molecule has 0 atom stereocenters. The lowest BCUT2D eigenvalue weighted by Crippen LogP contribution is -2.16. The Balaban J connectivity index is 2.00. The molecule has 1 radical (unpaired) electrons. The van der Waals surface area contributed by atoms with Crippen LogP contribution in [0.25, 0.3) is 0 Å². The molecule has 0 aromatic heterocycles. The maximum Gasteiger partial charge on any atom is 0.0170 e. The molecular formula is C4H9NP. The van der Waals surface area contributed by atoms with Crippen LogP contribution in [0.1, 0.15) is 0 Å². The summed E-state index contributed by atoms with van der Waals surface area (Å²) in [5.41, 5.74) is 0. The zero-order valence-electron chi connectivity index (χ0n) is 3.78. The van der Waals surface area contributed by atoms with Gasteiger partial charge in [-0.05, 0) is 12.3 Å². The summed E-state index contributed by atoms with van der Waals surface area (Å²) >= 11 is 0. The first-order valence-electron chi connectivity index (χ1n) is 2.34. The first-order chi connectivity index (χ1) is 3.00. The van der Waals surface area contributed by atoms with Crippen molar-refractivity contribution in [3.63, 3.8) is 0 Å². The highest BCUT2D eigenvalue weighted by molar-refractivity contribution is 7.38. The highest BCUT2D eigenvalue weighted by atomic mass is 31.1. The Morgan fingerprint density at radius 3 is 2.00 bits per heavy atom. The summed E-state index contributed by atoms with van der Waals surface area (Å²) < 4.78 is 0. The van der Waals surface area contributed by atoms with Crippen molar-refractivity contribution in [2.45, 2.75) is 0 Å². The molecule has 0 bridgehead atoms. The molecule has 1 rings (SSSR count). The molecule has 1 aliphatic rings. The minimum atomic E-state index is 1.14. The van der Waals surface area contributed by atoms with Crippen molar-refractivity contribution in [1.82, 2.24) is 5.32 Å². The van der Waals surface area contributed by atoms with Gasteiger partial charge in [-0.25, -0.2) is 5.32 Å². The van der Waals surface area contributed by atoms with Crippen molar-refractivity contribution in [3.05, 3.63) is 0 Å². The number of rotatable bonds is 0. The first kappa shape index (κ1) is 4.55. The Morgan fingerprint density at radius 2 is 1.83 bits per heavy atom. The molecule has 0 aromatic rings. The third-order valence-corrected chi connectivity index (χ3v) is 2.05. The van der Waals surface area contributed by atoms with Gasteiger partial charge in [0.25, 0.3) is 0 Å². The highest BCUT2D eigenvalue weighted by Gasteiger charge is 1.94. The predicted molar refractivity (Wildman–Crippen MR) is 29.9 cm³/mol. The summed E-state index contributed by atoms with van der Waals surface area (Å²) in [5, 5.41) is 4.18. The van der Waals surface area contributed by atoms with Crippen LogP contribution in [-0.4, -0.2) is 25.4 Å². The molecule has 0 aliphatic carbocycles. The van der Waals surface area contributed by atoms with Crippen LogP contribution in [0.5, 0.6) is 0 Å². The summed E-state index contributed by atoms with van der Waals surface area (Å²) in [6.45, 7) is 2.27. The van der Waals surface area contributed by atoms with Crippen LogP contribution in [-0.2, 0) is 0 Å². The van der Waals surface area contributed by atoms with Crippen molar-refractivity contribution in [3.8, 4) is 0 Å². The van der Waals surface area contributed by atoms with Crippen LogP contribution < -0.4 is 5.32 Å². The van der Waals surface area contributed by atoms with Gasteiger partial charge in [-0.15, -0.1) is 8.58 Å². The fourth-order valence-corrected chi connectivity index (χ4v) is 1.44. The van der Waals surface area contributed by atoms with E-state index in [-0.39, 0.29) is 0 Å². The molecule has 0 unspecified atom stereocenters. The summed E-state index contributed by atoms with van der Waals surface area (Å²) in [7, 11) is 1.21. The smallest absolute Gasteiger partial charge is 0.0170 e. The van der Waals surface area contributed by atoms with Crippen LogP contribution in [0.4, 0.5) is 0 Å². The molecule has 1 aliphatic heterocycles. The quantitative estimate of drug-likeness (QED) is 0.390. The van der Waals surface area contributed by atoms with Gasteiger partial charge in [-0.3, -0.25) is 0 Å². The number of hydrogen-bond acceptors (Lipinski definition) is 0. The SMILES string of the molecule is C1CPCC[N]1. The minimum Gasteiger partial charge on any atom is -0.241 e. The lowest BCUT2D eigenvalue weighted by atomic mass is 10.6. The van der Waals surface area contributed by atoms with Crippen molar-refractivity contribution in [2.75, 3.05) is 25.4 Å². The van der Waals surface area contributed by atoms with E-state index in [1.165, 1.54) is 20.9 Å². The average Bonchev–Trinajstić information content (AvgIpc) is 1.72. The fraction of sp³-hybridized carbons (Fsp3) is 1.00. The van der Waals surface area contributed by atoms with Crippen molar-refractivity contribution in [2.24, 2.45) is 0 Å². The number of nitrogens with zero attached hydrogens (tertiary/aromatic N) is 1. The van der Waals surface area contributed by atoms with Crippen LogP contribution in [0.2, 0.25) is 0 Å². The van der Waals surface area contributed by atoms with E-state index in [1.54, 1.807) is 0 Å². The van der Waals surface area contributed by atoms with Gasteiger partial charge in [0.05, 0.1) is 0 Å². The van der Waals surface area contributed by atoms with E-state index < -0.39 is 0 Å². The maximum absolute atomic E-state index is 4.18. The van der Waals surface area contributed by atoms with Gasteiger partial charge in [0.2, 0.25) is 0 Å². The van der Waals surface area contributed by atoms with E-state index >= 15 is 0 Å². The molecule has 6 heavy (non-hydrogen) atoms. The second-order valence-corrected chi connectivity index (χ2v) is 2.92. The van der Waals surface area contributed by atoms with Gasteiger partial charge in [0.15, 0.2) is 0 Å². The highest BCUT2D eigenvalue weighted by Crippen LogP contribution is 2.09. The predicted octanol–water partition coefficient (Wildman–Crippen LogP) is 0.283. The van der Waals surface area contributed by atoms with E-state index in [4.69, 9.17) is 0 Å². The molecule has 1 saturated heterocycles. The standard InChI is InChI=1S/C4H9NP/c1-3-6-4-2-5-1/h6H,1-4H2. The summed E-state index contributed by atoms with van der Waals surface area (Å²) in [5.74, 6) is 0. The van der Waals surface area contributed by atoms with Gasteiger partial charge in [0.1, 0.15) is 0 Å². The molecule has 1 fully saturated rings. The zero-order chi connectivity index (χ0) is 4.24. The van der Waals surface area contributed by atoms with Gasteiger partial charge in [-0.1, -0.05) is 0 Å². The Bertz CT molecular complexity index is 23.0. The van der Waals surface area contributed by atoms with Gasteiger partial charge >= 0.3 is 0 Å². The van der Waals surface area contributed by atoms with E-state index in [2.05, 4.69) is 5.32 Å². The normalized spacial score (nSPS) is 24.0. The van der Waals surface area contributed by atoms with E-state index in [0.29, 0.717) is 0 Å². The van der Waals surface area contributed by atoms with E-state index in [0.717, 1.165) is 13.1 Å². The van der Waals surface area contributed by atoms with Crippen LogP contribution >= 0.6 is 8.58 Å². The molecule has 2 heteroatoms. The first-order valence-corrected chi connectivity index (χ1v) is 3.75. The lowest BCUT2D eigenvalue weighted by molar-refractivity contribution is 0.735. The maximum atomic E-state index is 4.18. The molecule has 0 N–H and O–H groups in total. The molecule has 1 nitrogen and oxygen atoms in total. The van der Waals surface area contributed by atoms with Gasteiger partial charge in [0, 0.05) is 13.1 Å². The molecule has 1 heterocycles. The van der Waals surface area contributed by atoms with E-state index in [9.17, 15) is 0 Å². The van der Waals surface area contributed by atoms with Crippen LogP contribution in [0, 0.1) is 0 Å². The van der Waals surface area contributed by atoms with Crippen molar-refractivity contribution in [1.29, 1.82) is 0 Å². The Labute approximate surface area is 40.3 Å². The third kappa shape index (κ3) is 1.24. The molecule has 35 valence electrons. The summed E-state index contributed by atoms with van der Waals surface area (Å²) in [6.07, 6.45) is 2.72. The fourth-order valence-electron chi connectivity index (χ4n) is 0.553. The van der Waals surface area contributed by atoms with Crippen molar-refractivity contribution >= 4 is 8.58 Å². The molecule has 0 spiro atoms. The second-order valence-electron chi connectivity index (χ2n) is 1.42. The van der Waals surface area contributed by atoms with Gasteiger partial charge < -0.3 is 0 Å². The Kier molecular flexibility index (Phi) is 1.93. The molecule has 0 saturated carbocycles. The summed E-state index contributed by atoms with van der Waals surface area (Å²) in [6, 6.07) is 0. The largest absolute Gasteiger partial charge is 0.241 e. The van der Waals surface area contributed by atoms with Crippen LogP contribution in [0.3, 0.4) is 0 Å². The topological polar surface area (TPSA) is 14.1 Å². The summed E-state index contributed by atoms with van der Waals surface area (Å²) in [4.78, 5) is 0. The Morgan fingerprint density at radius 1 is 1.17 bits per heavy atom.